The zero-order chi connectivity index (χ0) is 15.4. The van der Waals surface area contributed by atoms with Gasteiger partial charge in [-0.25, -0.2) is 0 Å². The Kier molecular flexibility index (Phi) is 7.08. The van der Waals surface area contributed by atoms with Crippen LogP contribution >= 0.6 is 35.8 Å². The molecule has 0 aliphatic carbocycles. The summed E-state index contributed by atoms with van der Waals surface area (Å²) in [5, 5.41) is 4.22. The second-order valence-corrected chi connectivity index (χ2v) is 7.96. The topological polar surface area (TPSA) is 32.3 Å². The minimum absolute atomic E-state index is 0. The van der Waals surface area contributed by atoms with Gasteiger partial charge in [-0.3, -0.25) is 4.79 Å². The molecule has 2 aliphatic heterocycles. The first-order valence-corrected chi connectivity index (χ1v) is 9.40. The quantitative estimate of drug-likeness (QED) is 0.812. The maximum absolute atomic E-state index is 12.3. The second kappa shape index (κ2) is 8.61. The number of likely N-dealkylation sites (tertiary alicyclic amines) is 1. The first kappa shape index (κ1) is 18.9. The van der Waals surface area contributed by atoms with Crippen molar-refractivity contribution in [1.82, 2.24) is 10.2 Å². The number of nitrogens with zero attached hydrogens (tertiary/aromatic N) is 1. The molecule has 0 unspecified atom stereocenters. The molecule has 1 aromatic rings. The lowest BCUT2D eigenvalue weighted by molar-refractivity contribution is -0.132. The molecule has 0 radical (unpaired) electrons. The molecule has 0 bridgehead atoms. The number of hydrogen-bond donors (Lipinski definition) is 1. The van der Waals surface area contributed by atoms with Crippen LogP contribution in [0.3, 0.4) is 0 Å². The summed E-state index contributed by atoms with van der Waals surface area (Å²) >= 11 is 7.60. The van der Waals surface area contributed by atoms with Crippen molar-refractivity contribution < 1.29 is 4.79 Å². The van der Waals surface area contributed by atoms with E-state index in [1.54, 1.807) is 11.8 Å². The van der Waals surface area contributed by atoms with Gasteiger partial charge in [-0.05, 0) is 55.5 Å². The van der Waals surface area contributed by atoms with E-state index in [-0.39, 0.29) is 12.4 Å². The lowest BCUT2D eigenvalue weighted by atomic mass is 9.78. The maximum Gasteiger partial charge on any atom is 0.223 e. The van der Waals surface area contributed by atoms with E-state index in [0.29, 0.717) is 17.7 Å². The Morgan fingerprint density at radius 1 is 1.22 bits per heavy atom. The summed E-state index contributed by atoms with van der Waals surface area (Å²) in [5.74, 6) is 1.14. The van der Waals surface area contributed by atoms with Crippen molar-refractivity contribution in [2.45, 2.75) is 30.6 Å². The molecule has 1 aromatic carbocycles. The number of benzene rings is 1. The summed E-state index contributed by atoms with van der Waals surface area (Å²) in [6.07, 6.45) is 4.23. The highest BCUT2D eigenvalue weighted by Gasteiger charge is 2.37. The zero-order valence-electron chi connectivity index (χ0n) is 13.2. The Balaban J connectivity index is 0.00000192. The third-order valence-electron chi connectivity index (χ3n) is 4.91. The van der Waals surface area contributed by atoms with Crippen molar-refractivity contribution in [2.24, 2.45) is 5.41 Å². The first-order chi connectivity index (χ1) is 10.7. The lowest BCUT2D eigenvalue weighted by Crippen LogP contribution is -2.44. The van der Waals surface area contributed by atoms with Crippen LogP contribution in [0.15, 0.2) is 29.2 Å². The van der Waals surface area contributed by atoms with E-state index >= 15 is 0 Å². The monoisotopic (exact) mass is 374 g/mol. The summed E-state index contributed by atoms with van der Waals surface area (Å²) < 4.78 is 0. The van der Waals surface area contributed by atoms with Gasteiger partial charge in [-0.1, -0.05) is 11.6 Å². The van der Waals surface area contributed by atoms with Crippen LogP contribution in [0.25, 0.3) is 0 Å². The van der Waals surface area contributed by atoms with Crippen LogP contribution in [0.2, 0.25) is 5.02 Å². The fraction of sp³-hybridized carbons (Fsp3) is 0.588. The SMILES string of the molecule is Cl.O=C(CCSc1ccc(Cl)cc1)N1CCC2(CCNC2)CC1. The van der Waals surface area contributed by atoms with Crippen LogP contribution in [0.5, 0.6) is 0 Å². The first-order valence-electron chi connectivity index (χ1n) is 8.04. The van der Waals surface area contributed by atoms with E-state index in [1.807, 2.05) is 24.3 Å². The number of rotatable bonds is 4. The Hall–Kier alpha value is -0.420. The molecule has 1 spiro atoms. The number of thioether (sulfide) groups is 1. The molecule has 2 saturated heterocycles. The van der Waals surface area contributed by atoms with Crippen LogP contribution < -0.4 is 5.32 Å². The minimum Gasteiger partial charge on any atom is -0.343 e. The number of carbonyl (C=O) groups is 1. The molecule has 1 amide bonds. The molecule has 3 rings (SSSR count). The molecular weight excluding hydrogens is 351 g/mol. The molecule has 2 aliphatic rings. The molecule has 2 fully saturated rings. The van der Waals surface area contributed by atoms with Crippen molar-refractivity contribution in [3.8, 4) is 0 Å². The maximum atomic E-state index is 12.3. The van der Waals surface area contributed by atoms with Crippen LogP contribution in [0, 0.1) is 5.41 Å². The van der Waals surface area contributed by atoms with Crippen molar-refractivity contribution >= 4 is 41.7 Å². The highest BCUT2D eigenvalue weighted by Crippen LogP contribution is 2.37. The standard InChI is InChI=1S/C17H23ClN2OS.ClH/c18-14-1-3-15(4-2-14)22-12-5-16(21)20-10-7-17(8-11-20)6-9-19-13-17;/h1-4,19H,5-13H2;1H. The van der Waals surface area contributed by atoms with Crippen molar-refractivity contribution in [3.63, 3.8) is 0 Å². The average Bonchev–Trinajstić information content (AvgIpc) is 2.98. The van der Waals surface area contributed by atoms with E-state index in [1.165, 1.54) is 11.3 Å². The smallest absolute Gasteiger partial charge is 0.223 e. The van der Waals surface area contributed by atoms with Gasteiger partial charge in [0.15, 0.2) is 0 Å². The number of carbonyl (C=O) groups excluding carboxylic acids is 1. The molecule has 3 nitrogen and oxygen atoms in total. The molecule has 0 aromatic heterocycles. The zero-order valence-corrected chi connectivity index (χ0v) is 15.6. The van der Waals surface area contributed by atoms with Crippen LogP contribution in [-0.4, -0.2) is 42.7 Å². The van der Waals surface area contributed by atoms with E-state index in [2.05, 4.69) is 10.2 Å². The van der Waals surface area contributed by atoms with Gasteiger partial charge in [0.2, 0.25) is 5.91 Å². The predicted molar refractivity (Wildman–Crippen MR) is 99.8 cm³/mol. The van der Waals surface area contributed by atoms with Gasteiger partial charge in [-0.2, -0.15) is 0 Å². The van der Waals surface area contributed by atoms with Crippen LogP contribution in [-0.2, 0) is 4.79 Å². The predicted octanol–water partition coefficient (Wildman–Crippen LogP) is 3.85. The molecular formula is C17H24Cl2N2OS. The third-order valence-corrected chi connectivity index (χ3v) is 6.17. The fourth-order valence-electron chi connectivity index (χ4n) is 3.40. The van der Waals surface area contributed by atoms with E-state index in [9.17, 15) is 4.79 Å². The molecule has 128 valence electrons. The van der Waals surface area contributed by atoms with Crippen molar-refractivity contribution in [2.75, 3.05) is 31.9 Å². The Morgan fingerprint density at radius 2 is 1.91 bits per heavy atom. The van der Waals surface area contributed by atoms with Gasteiger partial charge in [0, 0.05) is 41.7 Å². The Bertz CT molecular complexity index is 508. The Morgan fingerprint density at radius 3 is 2.52 bits per heavy atom. The van der Waals surface area contributed by atoms with E-state index in [4.69, 9.17) is 11.6 Å². The summed E-state index contributed by atoms with van der Waals surface area (Å²) in [6.45, 7) is 4.16. The lowest BCUT2D eigenvalue weighted by Gasteiger charge is -2.39. The van der Waals surface area contributed by atoms with Crippen molar-refractivity contribution in [1.29, 1.82) is 0 Å². The molecule has 0 saturated carbocycles. The van der Waals surface area contributed by atoms with Gasteiger partial charge in [0.1, 0.15) is 0 Å². The minimum atomic E-state index is 0. The van der Waals surface area contributed by atoms with Gasteiger partial charge in [0.05, 0.1) is 0 Å². The highest BCUT2D eigenvalue weighted by atomic mass is 35.5. The van der Waals surface area contributed by atoms with Crippen LogP contribution in [0.4, 0.5) is 0 Å². The number of piperidine rings is 1. The summed E-state index contributed by atoms with van der Waals surface area (Å²) in [4.78, 5) is 15.6. The summed E-state index contributed by atoms with van der Waals surface area (Å²) in [6, 6.07) is 7.81. The van der Waals surface area contributed by atoms with Gasteiger partial charge in [0.25, 0.3) is 0 Å². The van der Waals surface area contributed by atoms with Crippen molar-refractivity contribution in [3.05, 3.63) is 29.3 Å². The Labute approximate surface area is 153 Å². The molecule has 1 N–H and O–H groups in total. The fourth-order valence-corrected chi connectivity index (χ4v) is 4.36. The highest BCUT2D eigenvalue weighted by molar-refractivity contribution is 7.99. The number of nitrogens with one attached hydrogen (secondary N) is 1. The normalized spacial score (nSPS) is 19.6. The second-order valence-electron chi connectivity index (χ2n) is 6.36. The van der Waals surface area contributed by atoms with Gasteiger partial charge in [-0.15, -0.1) is 24.2 Å². The van der Waals surface area contributed by atoms with Gasteiger partial charge < -0.3 is 10.2 Å². The number of halogens is 2. The van der Waals surface area contributed by atoms with Gasteiger partial charge >= 0.3 is 0 Å². The summed E-state index contributed by atoms with van der Waals surface area (Å²) in [5.41, 5.74) is 0.481. The molecule has 6 heteroatoms. The van der Waals surface area contributed by atoms with E-state index in [0.717, 1.165) is 49.8 Å². The van der Waals surface area contributed by atoms with Crippen LogP contribution in [0.1, 0.15) is 25.7 Å². The largest absolute Gasteiger partial charge is 0.343 e. The van der Waals surface area contributed by atoms with E-state index < -0.39 is 0 Å². The number of hydrogen-bond acceptors (Lipinski definition) is 3. The molecule has 2 heterocycles. The molecule has 23 heavy (non-hydrogen) atoms. The third kappa shape index (κ3) is 5.02. The summed E-state index contributed by atoms with van der Waals surface area (Å²) in [7, 11) is 0. The molecule has 0 atom stereocenters. The number of amides is 1. The average molecular weight is 375 g/mol.